The van der Waals surface area contributed by atoms with Gasteiger partial charge in [-0.2, -0.15) is 0 Å². The molecule has 1 aliphatic rings. The monoisotopic (exact) mass is 179 g/mol. The molecule has 0 aromatic heterocycles. The Kier molecular flexibility index (Phi) is 2.21. The molecule has 0 aliphatic heterocycles. The Morgan fingerprint density at radius 1 is 1.31 bits per heavy atom. The van der Waals surface area contributed by atoms with Crippen molar-refractivity contribution in [2.45, 2.75) is 31.4 Å². The fourth-order valence-electron chi connectivity index (χ4n) is 2.04. The standard InChI is InChI=1S/C11H14FN/c12-10-5-4-9(6-10)8-2-1-3-11(13)7-8/h1-3,7,9-10H,4-6,13H2. The van der Waals surface area contributed by atoms with E-state index in [1.54, 1.807) is 0 Å². The molecule has 1 aromatic carbocycles. The van der Waals surface area contributed by atoms with Crippen molar-refractivity contribution >= 4 is 5.69 Å². The summed E-state index contributed by atoms with van der Waals surface area (Å²) >= 11 is 0. The molecule has 0 radical (unpaired) electrons. The Labute approximate surface area is 77.8 Å². The second kappa shape index (κ2) is 3.36. The summed E-state index contributed by atoms with van der Waals surface area (Å²) in [6.45, 7) is 0. The Morgan fingerprint density at radius 3 is 2.77 bits per heavy atom. The third kappa shape index (κ3) is 1.82. The van der Waals surface area contributed by atoms with Crippen molar-refractivity contribution in [2.24, 2.45) is 0 Å². The van der Waals surface area contributed by atoms with Gasteiger partial charge in [0.15, 0.2) is 0 Å². The largest absolute Gasteiger partial charge is 0.399 e. The van der Waals surface area contributed by atoms with Crippen LogP contribution in [0.4, 0.5) is 10.1 Å². The van der Waals surface area contributed by atoms with Crippen LogP contribution in [0.2, 0.25) is 0 Å². The SMILES string of the molecule is Nc1cccc(C2CCC(F)C2)c1. The number of alkyl halides is 1. The van der Waals surface area contributed by atoms with Crippen LogP contribution in [0.1, 0.15) is 30.7 Å². The van der Waals surface area contributed by atoms with Crippen molar-refractivity contribution in [3.05, 3.63) is 29.8 Å². The van der Waals surface area contributed by atoms with Gasteiger partial charge < -0.3 is 5.73 Å². The van der Waals surface area contributed by atoms with Crippen molar-refractivity contribution in [1.29, 1.82) is 0 Å². The van der Waals surface area contributed by atoms with Crippen LogP contribution in [-0.2, 0) is 0 Å². The number of anilines is 1. The van der Waals surface area contributed by atoms with E-state index in [0.717, 1.165) is 12.1 Å². The smallest absolute Gasteiger partial charge is 0.101 e. The van der Waals surface area contributed by atoms with Crippen molar-refractivity contribution in [3.63, 3.8) is 0 Å². The highest BCUT2D eigenvalue weighted by Crippen LogP contribution is 2.36. The molecular weight excluding hydrogens is 165 g/mol. The molecule has 0 heterocycles. The first-order chi connectivity index (χ1) is 6.25. The number of nitrogen functional groups attached to an aromatic ring is 1. The number of hydrogen-bond donors (Lipinski definition) is 1. The molecular formula is C11H14FN. The first-order valence-electron chi connectivity index (χ1n) is 4.75. The molecule has 13 heavy (non-hydrogen) atoms. The normalized spacial score (nSPS) is 27.8. The molecule has 0 spiro atoms. The van der Waals surface area contributed by atoms with E-state index in [4.69, 9.17) is 5.73 Å². The van der Waals surface area contributed by atoms with E-state index in [2.05, 4.69) is 0 Å². The average molecular weight is 179 g/mol. The molecule has 1 aliphatic carbocycles. The number of nitrogens with two attached hydrogens (primary N) is 1. The molecule has 70 valence electrons. The Balaban J connectivity index is 2.16. The van der Waals surface area contributed by atoms with Crippen LogP contribution in [0.5, 0.6) is 0 Å². The van der Waals surface area contributed by atoms with E-state index < -0.39 is 6.17 Å². The van der Waals surface area contributed by atoms with Gasteiger partial charge in [0.05, 0.1) is 0 Å². The van der Waals surface area contributed by atoms with Crippen LogP contribution in [-0.4, -0.2) is 6.17 Å². The van der Waals surface area contributed by atoms with E-state index in [9.17, 15) is 4.39 Å². The molecule has 1 saturated carbocycles. The van der Waals surface area contributed by atoms with E-state index in [-0.39, 0.29) is 0 Å². The van der Waals surface area contributed by atoms with Gasteiger partial charge >= 0.3 is 0 Å². The number of halogens is 1. The van der Waals surface area contributed by atoms with E-state index in [1.165, 1.54) is 5.56 Å². The minimum atomic E-state index is -0.605. The van der Waals surface area contributed by atoms with Crippen LogP contribution in [0, 0.1) is 0 Å². The van der Waals surface area contributed by atoms with Gasteiger partial charge in [-0.25, -0.2) is 4.39 Å². The maximum atomic E-state index is 12.9. The molecule has 0 bridgehead atoms. The van der Waals surface area contributed by atoms with Gasteiger partial charge in [0.25, 0.3) is 0 Å². The molecule has 0 amide bonds. The van der Waals surface area contributed by atoms with Crippen LogP contribution < -0.4 is 5.73 Å². The maximum Gasteiger partial charge on any atom is 0.101 e. The van der Waals surface area contributed by atoms with E-state index in [0.29, 0.717) is 18.8 Å². The minimum Gasteiger partial charge on any atom is -0.399 e. The molecule has 2 atom stereocenters. The lowest BCUT2D eigenvalue weighted by Gasteiger charge is -2.09. The summed E-state index contributed by atoms with van der Waals surface area (Å²) in [4.78, 5) is 0. The van der Waals surface area contributed by atoms with Gasteiger partial charge in [0.2, 0.25) is 0 Å². The van der Waals surface area contributed by atoms with Gasteiger partial charge in [0, 0.05) is 5.69 Å². The lowest BCUT2D eigenvalue weighted by molar-refractivity contribution is 0.339. The fourth-order valence-corrected chi connectivity index (χ4v) is 2.04. The second-order valence-electron chi connectivity index (χ2n) is 3.78. The highest BCUT2D eigenvalue weighted by molar-refractivity contribution is 5.42. The van der Waals surface area contributed by atoms with Crippen molar-refractivity contribution in [3.8, 4) is 0 Å². The number of rotatable bonds is 1. The zero-order chi connectivity index (χ0) is 9.26. The summed E-state index contributed by atoms with van der Waals surface area (Å²) in [5.74, 6) is 0.387. The zero-order valence-electron chi connectivity index (χ0n) is 7.54. The predicted octanol–water partition coefficient (Wildman–Crippen LogP) is 2.87. The topological polar surface area (TPSA) is 26.0 Å². The first kappa shape index (κ1) is 8.54. The Hall–Kier alpha value is -1.05. The minimum absolute atomic E-state index is 0.387. The zero-order valence-corrected chi connectivity index (χ0v) is 7.54. The molecule has 0 saturated heterocycles. The Morgan fingerprint density at radius 2 is 2.15 bits per heavy atom. The number of benzene rings is 1. The highest BCUT2D eigenvalue weighted by Gasteiger charge is 2.25. The van der Waals surface area contributed by atoms with Crippen LogP contribution >= 0.6 is 0 Å². The first-order valence-corrected chi connectivity index (χ1v) is 4.75. The molecule has 2 rings (SSSR count). The van der Waals surface area contributed by atoms with Crippen molar-refractivity contribution < 1.29 is 4.39 Å². The third-order valence-electron chi connectivity index (χ3n) is 2.75. The summed E-state index contributed by atoms with van der Waals surface area (Å²) in [5, 5.41) is 0. The van der Waals surface area contributed by atoms with Gasteiger partial charge in [-0.1, -0.05) is 12.1 Å². The predicted molar refractivity (Wildman–Crippen MR) is 52.3 cm³/mol. The van der Waals surface area contributed by atoms with Crippen molar-refractivity contribution in [2.75, 3.05) is 5.73 Å². The lowest BCUT2D eigenvalue weighted by Crippen LogP contribution is -1.96. The quantitative estimate of drug-likeness (QED) is 0.659. The van der Waals surface area contributed by atoms with Crippen molar-refractivity contribution in [1.82, 2.24) is 0 Å². The van der Waals surface area contributed by atoms with Crippen LogP contribution in [0.3, 0.4) is 0 Å². The second-order valence-corrected chi connectivity index (χ2v) is 3.78. The molecule has 1 fully saturated rings. The molecule has 2 heteroatoms. The molecule has 2 unspecified atom stereocenters. The molecule has 1 aromatic rings. The van der Waals surface area contributed by atoms with Crippen LogP contribution in [0.15, 0.2) is 24.3 Å². The number of hydrogen-bond acceptors (Lipinski definition) is 1. The van der Waals surface area contributed by atoms with Gasteiger partial charge in [-0.15, -0.1) is 0 Å². The van der Waals surface area contributed by atoms with E-state index in [1.807, 2.05) is 24.3 Å². The maximum absolute atomic E-state index is 12.9. The third-order valence-corrected chi connectivity index (χ3v) is 2.75. The van der Waals surface area contributed by atoms with Gasteiger partial charge in [-0.05, 0) is 42.9 Å². The van der Waals surface area contributed by atoms with Gasteiger partial charge in [-0.3, -0.25) is 0 Å². The summed E-state index contributed by atoms with van der Waals surface area (Å²) in [6.07, 6.45) is 1.74. The molecule has 1 nitrogen and oxygen atoms in total. The van der Waals surface area contributed by atoms with Crippen LogP contribution in [0.25, 0.3) is 0 Å². The van der Waals surface area contributed by atoms with Gasteiger partial charge in [0.1, 0.15) is 6.17 Å². The highest BCUT2D eigenvalue weighted by atomic mass is 19.1. The molecule has 2 N–H and O–H groups in total. The summed E-state index contributed by atoms with van der Waals surface area (Å²) < 4.78 is 12.9. The summed E-state index contributed by atoms with van der Waals surface area (Å²) in [6, 6.07) is 7.81. The lowest BCUT2D eigenvalue weighted by atomic mass is 9.97. The summed E-state index contributed by atoms with van der Waals surface area (Å²) in [5.41, 5.74) is 7.64. The average Bonchev–Trinajstić information content (AvgIpc) is 2.52. The van der Waals surface area contributed by atoms with E-state index >= 15 is 0 Å². The summed E-state index contributed by atoms with van der Waals surface area (Å²) in [7, 11) is 0. The fraction of sp³-hybridized carbons (Fsp3) is 0.455. The Bertz CT molecular complexity index is 298.